The van der Waals surface area contributed by atoms with Crippen molar-refractivity contribution in [2.45, 2.75) is 62.7 Å². The van der Waals surface area contributed by atoms with Crippen LogP contribution in [0.5, 0.6) is 5.75 Å². The van der Waals surface area contributed by atoms with E-state index in [2.05, 4.69) is 21.3 Å². The van der Waals surface area contributed by atoms with Crippen LogP contribution in [-0.2, 0) is 35.2 Å². The van der Waals surface area contributed by atoms with E-state index in [-0.39, 0.29) is 25.0 Å². The van der Waals surface area contributed by atoms with Crippen LogP contribution in [0.4, 0.5) is 0 Å². The van der Waals surface area contributed by atoms with Gasteiger partial charge < -0.3 is 42.9 Å². The number of nitrogens with two attached hydrogens (primary N) is 2. The molecule has 10 N–H and O–H groups in total. The van der Waals surface area contributed by atoms with Gasteiger partial charge in [-0.1, -0.05) is 12.1 Å². The van der Waals surface area contributed by atoms with Crippen LogP contribution in [0, 0.1) is 0 Å². The Kier molecular flexibility index (Phi) is 10.8. The Morgan fingerprint density at radius 3 is 2.08 bits per heavy atom. The maximum absolute atomic E-state index is 13.2. The predicted molar refractivity (Wildman–Crippen MR) is 129 cm³/mol. The van der Waals surface area contributed by atoms with Crippen molar-refractivity contribution in [3.63, 3.8) is 0 Å². The van der Waals surface area contributed by atoms with Gasteiger partial charge in [0, 0.05) is 12.8 Å². The number of phenols is 1. The molecule has 14 nitrogen and oxygen atoms in total. The van der Waals surface area contributed by atoms with Crippen LogP contribution < -0.4 is 32.7 Å². The van der Waals surface area contributed by atoms with Crippen molar-refractivity contribution in [1.29, 1.82) is 0 Å². The Balaban J connectivity index is 2.23. The summed E-state index contributed by atoms with van der Waals surface area (Å²) in [7, 11) is 0. The third-order valence-electron chi connectivity index (χ3n) is 5.72. The van der Waals surface area contributed by atoms with Crippen LogP contribution in [-0.4, -0.2) is 76.4 Å². The highest BCUT2D eigenvalue weighted by Gasteiger charge is 2.32. The maximum atomic E-state index is 13.2. The lowest BCUT2D eigenvalue weighted by Gasteiger charge is -2.25. The molecule has 1 aromatic rings. The van der Waals surface area contributed by atoms with Gasteiger partial charge in [0.15, 0.2) is 0 Å². The smallest absolute Gasteiger partial charge is 0.326 e. The minimum atomic E-state index is -1.64. The minimum Gasteiger partial charge on any atom is -0.508 e. The normalized spacial score (nSPS) is 17.1. The van der Waals surface area contributed by atoms with Crippen LogP contribution in [0.15, 0.2) is 24.3 Å². The molecule has 4 atom stereocenters. The molecule has 1 heterocycles. The van der Waals surface area contributed by atoms with Gasteiger partial charge in [0.25, 0.3) is 0 Å². The van der Waals surface area contributed by atoms with Gasteiger partial charge >= 0.3 is 5.97 Å². The van der Waals surface area contributed by atoms with Gasteiger partial charge in [-0.05, 0) is 43.5 Å². The topological polar surface area (TPSA) is 243 Å². The van der Waals surface area contributed by atoms with Crippen molar-refractivity contribution in [2.75, 3.05) is 6.54 Å². The number of hydrogen-bond donors (Lipinski definition) is 8. The molecule has 1 saturated heterocycles. The highest BCUT2D eigenvalue weighted by molar-refractivity contribution is 5.95. The monoisotopic (exact) mass is 520 g/mol. The highest BCUT2D eigenvalue weighted by Crippen LogP contribution is 2.13. The number of nitrogens with one attached hydrogen (secondary N) is 4. The Hall–Kier alpha value is -4.20. The van der Waals surface area contributed by atoms with Gasteiger partial charge in [0.2, 0.25) is 29.5 Å². The summed E-state index contributed by atoms with van der Waals surface area (Å²) in [6, 6.07) is 1.03. The number of carbonyl (C=O) groups excluding carboxylic acids is 5. The van der Waals surface area contributed by atoms with Gasteiger partial charge in [-0.3, -0.25) is 24.0 Å². The zero-order chi connectivity index (χ0) is 27.5. The van der Waals surface area contributed by atoms with E-state index in [9.17, 15) is 39.0 Å². The standard InChI is InChI=1S/C23H32N6O8/c24-18(31)8-7-15(27-20(33)14-2-1-9-26-14)21(34)28-16(10-12-3-5-13(30)6-4-12)22(35)29-17(23(36)37)11-19(25)32/h3-6,14-17,26,30H,1-2,7-11H2,(H2,24,31)(H2,25,32)(H,27,33)(H,28,34)(H,29,35)(H,36,37). The Bertz CT molecular complexity index is 1010. The van der Waals surface area contributed by atoms with Crippen molar-refractivity contribution in [3.8, 4) is 5.75 Å². The fraction of sp³-hybridized carbons (Fsp3) is 0.478. The Morgan fingerprint density at radius 1 is 0.919 bits per heavy atom. The number of hydrogen-bond acceptors (Lipinski definition) is 8. The molecule has 1 fully saturated rings. The van der Waals surface area contributed by atoms with Gasteiger partial charge in [-0.15, -0.1) is 0 Å². The molecule has 0 aromatic heterocycles. The number of aromatic hydroxyl groups is 1. The average molecular weight is 521 g/mol. The lowest BCUT2D eigenvalue weighted by atomic mass is 10.0. The van der Waals surface area contributed by atoms with E-state index in [1.54, 1.807) is 0 Å². The zero-order valence-electron chi connectivity index (χ0n) is 20.1. The summed E-state index contributed by atoms with van der Waals surface area (Å²) in [5.74, 6) is -5.36. The zero-order valence-corrected chi connectivity index (χ0v) is 20.1. The third kappa shape index (κ3) is 9.76. The molecule has 0 radical (unpaired) electrons. The molecule has 202 valence electrons. The molecule has 37 heavy (non-hydrogen) atoms. The van der Waals surface area contributed by atoms with Gasteiger partial charge in [0.05, 0.1) is 12.5 Å². The summed E-state index contributed by atoms with van der Waals surface area (Å²) in [5.41, 5.74) is 10.8. The second kappa shape index (κ2) is 13.8. The fourth-order valence-corrected chi connectivity index (χ4v) is 3.76. The minimum absolute atomic E-state index is 0.0315. The molecule has 1 aliphatic rings. The van der Waals surface area contributed by atoms with Gasteiger partial charge in [-0.25, -0.2) is 4.79 Å². The van der Waals surface area contributed by atoms with E-state index in [1.165, 1.54) is 24.3 Å². The Morgan fingerprint density at radius 2 is 1.54 bits per heavy atom. The van der Waals surface area contributed by atoms with E-state index in [4.69, 9.17) is 11.5 Å². The second-order valence-corrected chi connectivity index (χ2v) is 8.72. The first-order valence-corrected chi connectivity index (χ1v) is 11.7. The molecule has 2 rings (SSSR count). The van der Waals surface area contributed by atoms with Crippen LogP contribution in [0.2, 0.25) is 0 Å². The van der Waals surface area contributed by atoms with Crippen molar-refractivity contribution >= 4 is 35.5 Å². The number of primary amides is 2. The number of amides is 5. The highest BCUT2D eigenvalue weighted by atomic mass is 16.4. The number of rotatable bonds is 14. The second-order valence-electron chi connectivity index (χ2n) is 8.72. The molecule has 14 heteroatoms. The van der Waals surface area contributed by atoms with Gasteiger partial charge in [0.1, 0.15) is 23.9 Å². The summed E-state index contributed by atoms with van der Waals surface area (Å²) < 4.78 is 0. The summed E-state index contributed by atoms with van der Waals surface area (Å²) in [4.78, 5) is 72.8. The van der Waals surface area contributed by atoms with Gasteiger partial charge in [-0.2, -0.15) is 0 Å². The summed E-state index contributed by atoms with van der Waals surface area (Å²) in [5, 5.41) is 29.1. The van der Waals surface area contributed by atoms with Crippen molar-refractivity contribution < 1.29 is 39.0 Å². The molecular formula is C23H32N6O8. The van der Waals surface area contributed by atoms with Crippen molar-refractivity contribution in [1.82, 2.24) is 21.3 Å². The Labute approximate surface area is 212 Å². The number of phenolic OH excluding ortho intramolecular Hbond substituents is 1. The molecule has 0 saturated carbocycles. The average Bonchev–Trinajstić information content (AvgIpc) is 3.36. The molecule has 1 aliphatic heterocycles. The summed E-state index contributed by atoms with van der Waals surface area (Å²) in [6.45, 7) is 0.640. The van der Waals surface area contributed by atoms with E-state index < -0.39 is 66.1 Å². The number of benzene rings is 1. The molecule has 0 aliphatic carbocycles. The molecule has 0 bridgehead atoms. The van der Waals surface area contributed by atoms with E-state index in [1.807, 2.05) is 0 Å². The number of carboxylic acids is 1. The number of carbonyl (C=O) groups is 6. The first-order chi connectivity index (χ1) is 17.5. The summed E-state index contributed by atoms with van der Waals surface area (Å²) >= 11 is 0. The summed E-state index contributed by atoms with van der Waals surface area (Å²) in [6.07, 6.45) is 0.200. The maximum Gasteiger partial charge on any atom is 0.326 e. The number of carboxylic acid groups (broad SMARTS) is 1. The fourth-order valence-electron chi connectivity index (χ4n) is 3.76. The molecular weight excluding hydrogens is 488 g/mol. The molecule has 0 spiro atoms. The van der Waals surface area contributed by atoms with Crippen LogP contribution in [0.3, 0.4) is 0 Å². The first kappa shape index (κ1) is 29.0. The van der Waals surface area contributed by atoms with Crippen molar-refractivity contribution in [2.24, 2.45) is 11.5 Å². The third-order valence-corrected chi connectivity index (χ3v) is 5.72. The van der Waals surface area contributed by atoms with Crippen LogP contribution in [0.25, 0.3) is 0 Å². The largest absolute Gasteiger partial charge is 0.508 e. The SMILES string of the molecule is NC(=O)CCC(NC(=O)C1CCCN1)C(=O)NC(Cc1ccc(O)cc1)C(=O)NC(CC(N)=O)C(=O)O. The number of aliphatic carboxylic acids is 1. The molecule has 5 amide bonds. The van der Waals surface area contributed by atoms with E-state index >= 15 is 0 Å². The first-order valence-electron chi connectivity index (χ1n) is 11.7. The van der Waals surface area contributed by atoms with Crippen molar-refractivity contribution in [3.05, 3.63) is 29.8 Å². The quantitative estimate of drug-likeness (QED) is 0.128. The van der Waals surface area contributed by atoms with Crippen LogP contribution >= 0.6 is 0 Å². The predicted octanol–water partition coefficient (Wildman–Crippen LogP) is -2.63. The lowest BCUT2D eigenvalue weighted by Crippen LogP contribution is -2.58. The molecule has 1 aromatic carbocycles. The van der Waals surface area contributed by atoms with Crippen LogP contribution in [0.1, 0.15) is 37.7 Å². The van der Waals surface area contributed by atoms with E-state index in [0.29, 0.717) is 18.5 Å². The van der Waals surface area contributed by atoms with E-state index in [0.717, 1.165) is 6.42 Å². The molecule has 4 unspecified atom stereocenters. The lowest BCUT2D eigenvalue weighted by molar-refractivity contribution is -0.143.